The molecule has 3 aromatic carbocycles. The standard InChI is InChI=1S/C28H27NO3/c1-32-24-15-11-21(12-16-24)19-29-26-10-6-5-9-25(26)28(27(29)31,22-13-14-23(30)17-22)18-20-7-3-2-4-8-20/h2-12,15-16,22H,13-14,17-19H2,1H3/t22-,28-/m0/s1. The van der Waals surface area contributed by atoms with Gasteiger partial charge < -0.3 is 9.64 Å². The van der Waals surface area contributed by atoms with Crippen molar-refractivity contribution < 1.29 is 14.3 Å². The van der Waals surface area contributed by atoms with Gasteiger partial charge in [-0.2, -0.15) is 0 Å². The first-order valence-electron chi connectivity index (χ1n) is 11.2. The Kier molecular flexibility index (Phi) is 5.30. The smallest absolute Gasteiger partial charge is 0.238 e. The number of para-hydroxylation sites is 1. The van der Waals surface area contributed by atoms with Crippen LogP contribution in [0.25, 0.3) is 0 Å². The highest BCUT2D eigenvalue weighted by molar-refractivity contribution is 6.09. The highest BCUT2D eigenvalue weighted by Crippen LogP contribution is 2.52. The molecule has 0 N–H and O–H groups in total. The zero-order valence-corrected chi connectivity index (χ0v) is 18.3. The predicted octanol–water partition coefficient (Wildman–Crippen LogP) is 5.09. The summed E-state index contributed by atoms with van der Waals surface area (Å²) in [5.74, 6) is 1.19. The SMILES string of the molecule is COc1ccc(CN2C(=O)[C@@](Cc3ccccc3)([C@H]3CCC(=O)C3)c3ccccc32)cc1. The second-order valence-corrected chi connectivity index (χ2v) is 8.87. The Bertz CT molecular complexity index is 1140. The summed E-state index contributed by atoms with van der Waals surface area (Å²) in [4.78, 5) is 28.5. The van der Waals surface area contributed by atoms with Gasteiger partial charge in [0.15, 0.2) is 0 Å². The van der Waals surface area contributed by atoms with Crippen molar-refractivity contribution in [3.8, 4) is 5.75 Å². The van der Waals surface area contributed by atoms with Crippen LogP contribution >= 0.6 is 0 Å². The van der Waals surface area contributed by atoms with Crippen molar-refractivity contribution in [2.45, 2.75) is 37.6 Å². The minimum Gasteiger partial charge on any atom is -0.497 e. The van der Waals surface area contributed by atoms with Gasteiger partial charge in [0.1, 0.15) is 11.5 Å². The first-order chi connectivity index (χ1) is 15.6. The number of hydrogen-bond donors (Lipinski definition) is 0. The molecule has 0 saturated heterocycles. The van der Waals surface area contributed by atoms with E-state index in [2.05, 4.69) is 18.2 Å². The van der Waals surface area contributed by atoms with Gasteiger partial charge in [-0.05, 0) is 53.6 Å². The predicted molar refractivity (Wildman–Crippen MR) is 125 cm³/mol. The summed E-state index contributed by atoms with van der Waals surface area (Å²) >= 11 is 0. The Labute approximate surface area is 188 Å². The molecular formula is C28H27NO3. The van der Waals surface area contributed by atoms with Gasteiger partial charge >= 0.3 is 0 Å². The largest absolute Gasteiger partial charge is 0.497 e. The third-order valence-corrected chi connectivity index (χ3v) is 7.07. The van der Waals surface area contributed by atoms with Crippen LogP contribution in [0.3, 0.4) is 0 Å². The van der Waals surface area contributed by atoms with E-state index in [1.54, 1.807) is 7.11 Å². The van der Waals surface area contributed by atoms with Crippen molar-refractivity contribution in [2.75, 3.05) is 12.0 Å². The van der Waals surface area contributed by atoms with E-state index in [0.29, 0.717) is 25.8 Å². The molecule has 0 bridgehead atoms. The van der Waals surface area contributed by atoms with Gasteiger partial charge in [-0.3, -0.25) is 9.59 Å². The maximum atomic E-state index is 14.3. The molecule has 1 fully saturated rings. The molecule has 0 radical (unpaired) electrons. The zero-order chi connectivity index (χ0) is 22.1. The van der Waals surface area contributed by atoms with Gasteiger partial charge in [0, 0.05) is 18.5 Å². The van der Waals surface area contributed by atoms with Crippen molar-refractivity contribution in [3.05, 3.63) is 95.6 Å². The lowest BCUT2D eigenvalue weighted by Crippen LogP contribution is -2.46. The van der Waals surface area contributed by atoms with Crippen LogP contribution in [0.1, 0.15) is 36.0 Å². The number of anilines is 1. The van der Waals surface area contributed by atoms with Crippen molar-refractivity contribution >= 4 is 17.4 Å². The summed E-state index contributed by atoms with van der Waals surface area (Å²) in [6.07, 6.45) is 2.42. The van der Waals surface area contributed by atoms with Gasteiger partial charge in [-0.25, -0.2) is 0 Å². The van der Waals surface area contributed by atoms with Crippen molar-refractivity contribution in [2.24, 2.45) is 5.92 Å². The number of Topliss-reactive ketones (excluding diaryl/α,β-unsaturated/α-hetero) is 1. The first kappa shape index (κ1) is 20.5. The fraction of sp³-hybridized carbons (Fsp3) is 0.286. The van der Waals surface area contributed by atoms with Gasteiger partial charge in [0.05, 0.1) is 19.1 Å². The highest BCUT2D eigenvalue weighted by atomic mass is 16.5. The molecular weight excluding hydrogens is 398 g/mol. The van der Waals surface area contributed by atoms with Gasteiger partial charge in [0.25, 0.3) is 0 Å². The maximum absolute atomic E-state index is 14.3. The van der Waals surface area contributed by atoms with Gasteiger partial charge in [-0.15, -0.1) is 0 Å². The first-order valence-corrected chi connectivity index (χ1v) is 11.2. The Hall–Kier alpha value is -3.40. The van der Waals surface area contributed by atoms with E-state index in [0.717, 1.165) is 34.5 Å². The molecule has 1 aliphatic heterocycles. The summed E-state index contributed by atoms with van der Waals surface area (Å²) in [6.45, 7) is 0.497. The number of rotatable bonds is 6. The third kappa shape index (κ3) is 3.40. The van der Waals surface area contributed by atoms with E-state index in [1.807, 2.05) is 65.6 Å². The number of methoxy groups -OCH3 is 1. The van der Waals surface area contributed by atoms with Crippen LogP contribution in [-0.4, -0.2) is 18.8 Å². The molecule has 0 spiro atoms. The lowest BCUT2D eigenvalue weighted by Gasteiger charge is -2.34. The molecule has 5 rings (SSSR count). The fourth-order valence-corrected chi connectivity index (χ4v) is 5.48. The number of amides is 1. The lowest BCUT2D eigenvalue weighted by molar-refractivity contribution is -0.125. The summed E-state index contributed by atoms with van der Waals surface area (Å²) < 4.78 is 5.28. The molecule has 162 valence electrons. The monoisotopic (exact) mass is 425 g/mol. The minimum absolute atomic E-state index is 0.0183. The molecule has 3 aromatic rings. The second-order valence-electron chi connectivity index (χ2n) is 8.87. The van der Waals surface area contributed by atoms with Crippen molar-refractivity contribution in [1.29, 1.82) is 0 Å². The minimum atomic E-state index is -0.712. The van der Waals surface area contributed by atoms with Crippen LogP contribution in [0.5, 0.6) is 5.75 Å². The quantitative estimate of drug-likeness (QED) is 0.553. The molecule has 1 saturated carbocycles. The Morgan fingerprint density at radius 2 is 1.62 bits per heavy atom. The van der Waals surface area contributed by atoms with E-state index in [4.69, 9.17) is 4.74 Å². The molecule has 4 heteroatoms. The normalized spacial score (nSPS) is 22.3. The number of carbonyl (C=O) groups excluding carboxylic acids is 2. The van der Waals surface area contributed by atoms with Gasteiger partial charge in [0.2, 0.25) is 5.91 Å². The molecule has 32 heavy (non-hydrogen) atoms. The van der Waals surface area contributed by atoms with Crippen LogP contribution in [0.2, 0.25) is 0 Å². The average molecular weight is 426 g/mol. The van der Waals surface area contributed by atoms with Crippen LogP contribution in [0.4, 0.5) is 5.69 Å². The fourth-order valence-electron chi connectivity index (χ4n) is 5.48. The molecule has 1 heterocycles. The van der Waals surface area contributed by atoms with E-state index in [9.17, 15) is 9.59 Å². The number of carbonyl (C=O) groups is 2. The summed E-state index contributed by atoms with van der Waals surface area (Å²) in [7, 11) is 1.65. The zero-order valence-electron chi connectivity index (χ0n) is 18.3. The van der Waals surface area contributed by atoms with Crippen LogP contribution in [0.15, 0.2) is 78.9 Å². The number of benzene rings is 3. The van der Waals surface area contributed by atoms with Crippen LogP contribution in [-0.2, 0) is 28.0 Å². The Balaban J connectivity index is 1.59. The summed E-state index contributed by atoms with van der Waals surface area (Å²) in [5.41, 5.74) is 3.48. The number of hydrogen-bond acceptors (Lipinski definition) is 3. The van der Waals surface area contributed by atoms with E-state index in [-0.39, 0.29) is 17.6 Å². The molecule has 1 amide bonds. The highest BCUT2D eigenvalue weighted by Gasteiger charge is 2.56. The van der Waals surface area contributed by atoms with Crippen LogP contribution in [0, 0.1) is 5.92 Å². The topological polar surface area (TPSA) is 46.6 Å². The molecule has 2 atom stereocenters. The summed E-state index contributed by atoms with van der Waals surface area (Å²) in [6, 6.07) is 26.2. The molecule has 1 aliphatic carbocycles. The van der Waals surface area contributed by atoms with Crippen LogP contribution < -0.4 is 9.64 Å². The maximum Gasteiger partial charge on any atom is 0.238 e. The van der Waals surface area contributed by atoms with E-state index < -0.39 is 5.41 Å². The third-order valence-electron chi connectivity index (χ3n) is 7.07. The number of ether oxygens (including phenoxy) is 1. The summed E-state index contributed by atoms with van der Waals surface area (Å²) in [5, 5.41) is 0. The Morgan fingerprint density at radius 1 is 0.906 bits per heavy atom. The lowest BCUT2D eigenvalue weighted by atomic mass is 9.66. The number of nitrogens with zero attached hydrogens (tertiary/aromatic N) is 1. The average Bonchev–Trinajstić information content (AvgIpc) is 3.36. The number of fused-ring (bicyclic) bond motifs is 1. The Morgan fingerprint density at radius 3 is 2.31 bits per heavy atom. The van der Waals surface area contributed by atoms with Gasteiger partial charge in [-0.1, -0.05) is 60.7 Å². The molecule has 0 aromatic heterocycles. The number of ketones is 1. The molecule has 0 unspecified atom stereocenters. The second kappa shape index (κ2) is 8.27. The van der Waals surface area contributed by atoms with Crippen molar-refractivity contribution in [1.82, 2.24) is 0 Å². The van der Waals surface area contributed by atoms with Crippen molar-refractivity contribution in [3.63, 3.8) is 0 Å². The van der Waals surface area contributed by atoms with E-state index in [1.165, 1.54) is 0 Å². The van der Waals surface area contributed by atoms with E-state index >= 15 is 0 Å². The molecule has 4 nitrogen and oxygen atoms in total. The molecule has 2 aliphatic rings.